The largest absolute Gasteiger partial charge is 0.463 e. The van der Waals surface area contributed by atoms with Gasteiger partial charge in [-0.25, -0.2) is 14.6 Å². The molecule has 132 valence electrons. The zero-order valence-corrected chi connectivity index (χ0v) is 14.5. The smallest absolute Gasteiger partial charge is 0.414 e. The second-order valence-electron chi connectivity index (χ2n) is 7.66. The zero-order chi connectivity index (χ0) is 18.1. The summed E-state index contributed by atoms with van der Waals surface area (Å²) in [7, 11) is 1.26. The SMILES string of the molecule is COC(=O)c1nc2c([nH]1)C13CC1CN(C(=O)OC(C)(C)C)C3=CC2=O. The van der Waals surface area contributed by atoms with Crippen LogP contribution < -0.4 is 0 Å². The number of fused-ring (bicyclic) bond motifs is 1. The quantitative estimate of drug-likeness (QED) is 0.779. The van der Waals surface area contributed by atoms with Crippen molar-refractivity contribution in [2.24, 2.45) is 5.92 Å². The van der Waals surface area contributed by atoms with Crippen LogP contribution in [0.3, 0.4) is 0 Å². The van der Waals surface area contributed by atoms with Gasteiger partial charge in [0.25, 0.3) is 0 Å². The predicted octanol–water partition coefficient (Wildman–Crippen LogP) is 1.78. The van der Waals surface area contributed by atoms with Gasteiger partial charge in [-0.15, -0.1) is 0 Å². The lowest BCUT2D eigenvalue weighted by molar-refractivity contribution is 0.0321. The molecule has 1 aromatic rings. The molecule has 8 heteroatoms. The summed E-state index contributed by atoms with van der Waals surface area (Å²) in [5, 5.41) is 0. The monoisotopic (exact) mass is 345 g/mol. The van der Waals surface area contributed by atoms with E-state index in [4.69, 9.17) is 4.74 Å². The zero-order valence-electron chi connectivity index (χ0n) is 14.5. The van der Waals surface area contributed by atoms with Gasteiger partial charge in [0.05, 0.1) is 18.2 Å². The van der Waals surface area contributed by atoms with Gasteiger partial charge in [0, 0.05) is 18.3 Å². The summed E-state index contributed by atoms with van der Waals surface area (Å²) < 4.78 is 10.1. The van der Waals surface area contributed by atoms with E-state index >= 15 is 0 Å². The molecule has 1 aliphatic heterocycles. The summed E-state index contributed by atoms with van der Waals surface area (Å²) in [6.07, 6.45) is 1.79. The van der Waals surface area contributed by atoms with Gasteiger partial charge in [-0.2, -0.15) is 0 Å². The molecule has 1 N–H and O–H groups in total. The van der Waals surface area contributed by atoms with Crippen molar-refractivity contribution in [3.05, 3.63) is 29.0 Å². The van der Waals surface area contributed by atoms with Crippen LogP contribution in [0.5, 0.6) is 0 Å². The lowest BCUT2D eigenvalue weighted by Crippen LogP contribution is -2.38. The number of carbonyl (C=O) groups is 3. The number of ketones is 1. The molecule has 2 unspecified atom stereocenters. The number of nitrogens with zero attached hydrogens (tertiary/aromatic N) is 2. The van der Waals surface area contributed by atoms with E-state index in [1.54, 1.807) is 20.8 Å². The third-order valence-corrected chi connectivity index (χ3v) is 4.90. The Kier molecular flexibility index (Phi) is 2.99. The number of methoxy groups -OCH3 is 1. The van der Waals surface area contributed by atoms with Gasteiger partial charge >= 0.3 is 12.1 Å². The van der Waals surface area contributed by atoms with Gasteiger partial charge in [-0.1, -0.05) is 0 Å². The summed E-state index contributed by atoms with van der Waals surface area (Å²) in [6.45, 7) is 5.88. The van der Waals surface area contributed by atoms with Crippen LogP contribution in [0.15, 0.2) is 11.8 Å². The third-order valence-electron chi connectivity index (χ3n) is 4.90. The number of ether oxygens (including phenoxy) is 2. The molecule has 1 saturated carbocycles. The van der Waals surface area contributed by atoms with E-state index in [9.17, 15) is 14.4 Å². The molecule has 0 aromatic carbocycles. The first kappa shape index (κ1) is 15.9. The highest BCUT2D eigenvalue weighted by Gasteiger charge is 2.69. The predicted molar refractivity (Wildman–Crippen MR) is 85.1 cm³/mol. The molecule has 0 bridgehead atoms. The maximum absolute atomic E-state index is 12.5. The van der Waals surface area contributed by atoms with Crippen molar-refractivity contribution < 1.29 is 23.9 Å². The Labute approximate surface area is 144 Å². The van der Waals surface area contributed by atoms with Crippen LogP contribution in [0.25, 0.3) is 0 Å². The number of esters is 1. The van der Waals surface area contributed by atoms with Crippen molar-refractivity contribution in [1.82, 2.24) is 14.9 Å². The molecular formula is C17H19N3O5. The van der Waals surface area contributed by atoms with Crippen LogP contribution in [-0.4, -0.2) is 52.0 Å². The first-order valence-electron chi connectivity index (χ1n) is 8.13. The summed E-state index contributed by atoms with van der Waals surface area (Å²) in [5.74, 6) is -0.766. The number of carbonyl (C=O) groups excluding carboxylic acids is 3. The molecule has 2 aliphatic carbocycles. The highest BCUT2D eigenvalue weighted by Crippen LogP contribution is 2.66. The number of hydrogen-bond donors (Lipinski definition) is 1. The molecule has 3 aliphatic rings. The minimum Gasteiger partial charge on any atom is -0.463 e. The van der Waals surface area contributed by atoms with Crippen molar-refractivity contribution in [2.75, 3.05) is 13.7 Å². The highest BCUT2D eigenvalue weighted by molar-refractivity contribution is 6.08. The first-order valence-corrected chi connectivity index (χ1v) is 8.13. The van der Waals surface area contributed by atoms with E-state index in [0.29, 0.717) is 17.9 Å². The standard InChI is InChI=1S/C17H19N3O5/c1-16(2,3)25-15(23)20-7-8-6-17(8)10(20)5-9(21)11-12(17)19-13(18-11)14(22)24-4/h5,8H,6-7H2,1-4H3,(H,18,19). The molecule has 0 radical (unpaired) electrons. The Morgan fingerprint density at radius 3 is 2.76 bits per heavy atom. The average Bonchev–Trinajstić information content (AvgIpc) is 2.90. The number of amides is 1. The summed E-state index contributed by atoms with van der Waals surface area (Å²) in [6, 6.07) is 0. The first-order chi connectivity index (χ1) is 11.7. The summed E-state index contributed by atoms with van der Waals surface area (Å²) >= 11 is 0. The molecular weight excluding hydrogens is 326 g/mol. The van der Waals surface area contributed by atoms with Gasteiger partial charge in [0.15, 0.2) is 0 Å². The molecule has 1 amide bonds. The van der Waals surface area contributed by atoms with Crippen molar-refractivity contribution in [3.63, 3.8) is 0 Å². The summed E-state index contributed by atoms with van der Waals surface area (Å²) in [4.78, 5) is 45.3. The van der Waals surface area contributed by atoms with Crippen LogP contribution in [-0.2, 0) is 14.9 Å². The van der Waals surface area contributed by atoms with Crippen LogP contribution in [0, 0.1) is 5.92 Å². The molecule has 1 spiro atoms. The molecule has 4 rings (SSSR count). The molecule has 25 heavy (non-hydrogen) atoms. The number of likely N-dealkylation sites (tertiary alicyclic amines) is 1. The minimum absolute atomic E-state index is 0.00578. The molecule has 2 fully saturated rings. The second-order valence-corrected chi connectivity index (χ2v) is 7.66. The number of hydrogen-bond acceptors (Lipinski definition) is 6. The molecule has 2 atom stereocenters. The van der Waals surface area contributed by atoms with Gasteiger partial charge in [0.1, 0.15) is 11.3 Å². The number of rotatable bonds is 1. The Hall–Kier alpha value is -2.64. The highest BCUT2D eigenvalue weighted by atomic mass is 16.6. The van der Waals surface area contributed by atoms with Crippen molar-refractivity contribution in [2.45, 2.75) is 38.2 Å². The van der Waals surface area contributed by atoms with Crippen LogP contribution in [0.2, 0.25) is 0 Å². The fraction of sp³-hybridized carbons (Fsp3) is 0.529. The number of imidazole rings is 1. The fourth-order valence-corrected chi connectivity index (χ4v) is 3.81. The van der Waals surface area contributed by atoms with Gasteiger partial charge < -0.3 is 14.5 Å². The average molecular weight is 345 g/mol. The van der Waals surface area contributed by atoms with Gasteiger partial charge in [-0.05, 0) is 33.1 Å². The lowest BCUT2D eigenvalue weighted by atomic mass is 9.89. The van der Waals surface area contributed by atoms with E-state index in [-0.39, 0.29) is 23.2 Å². The van der Waals surface area contributed by atoms with Crippen LogP contribution in [0.4, 0.5) is 4.79 Å². The van der Waals surface area contributed by atoms with E-state index in [1.807, 2.05) is 0 Å². The Morgan fingerprint density at radius 1 is 1.40 bits per heavy atom. The molecule has 1 aromatic heterocycles. The van der Waals surface area contributed by atoms with Crippen molar-refractivity contribution in [1.29, 1.82) is 0 Å². The second kappa shape index (κ2) is 4.71. The van der Waals surface area contributed by atoms with Crippen molar-refractivity contribution in [3.8, 4) is 0 Å². The molecule has 2 heterocycles. The minimum atomic E-state index is -0.626. The van der Waals surface area contributed by atoms with E-state index in [0.717, 1.165) is 6.42 Å². The van der Waals surface area contributed by atoms with Gasteiger partial charge in [0.2, 0.25) is 11.6 Å². The third kappa shape index (κ3) is 2.13. The Balaban J connectivity index is 1.72. The number of aromatic amines is 1. The maximum Gasteiger partial charge on any atom is 0.414 e. The normalized spacial score (nSPS) is 26.4. The van der Waals surface area contributed by atoms with E-state index in [2.05, 4.69) is 14.7 Å². The molecule has 1 saturated heterocycles. The van der Waals surface area contributed by atoms with E-state index < -0.39 is 23.1 Å². The van der Waals surface area contributed by atoms with Crippen molar-refractivity contribution >= 4 is 17.8 Å². The Morgan fingerprint density at radius 2 is 2.12 bits per heavy atom. The number of piperidine rings is 1. The van der Waals surface area contributed by atoms with Crippen LogP contribution >= 0.6 is 0 Å². The van der Waals surface area contributed by atoms with Crippen LogP contribution in [0.1, 0.15) is 54.0 Å². The van der Waals surface area contributed by atoms with Gasteiger partial charge in [-0.3, -0.25) is 9.69 Å². The maximum atomic E-state index is 12.5. The molecule has 8 nitrogen and oxygen atoms in total. The number of nitrogens with one attached hydrogen (secondary N) is 1. The van der Waals surface area contributed by atoms with E-state index in [1.165, 1.54) is 18.1 Å². The number of H-pyrrole nitrogens is 1. The fourth-order valence-electron chi connectivity index (χ4n) is 3.81. The topological polar surface area (TPSA) is 102 Å². The summed E-state index contributed by atoms with van der Waals surface area (Å²) in [5.41, 5.74) is 0.390. The Bertz CT molecular complexity index is 847. The number of allylic oxidation sites excluding steroid dienone is 2. The number of aromatic nitrogens is 2. The lowest BCUT2D eigenvalue weighted by Gasteiger charge is -2.29.